The van der Waals surface area contributed by atoms with Crippen molar-refractivity contribution in [2.24, 2.45) is 0 Å². The van der Waals surface area contributed by atoms with E-state index in [1.807, 2.05) is 25.1 Å². The van der Waals surface area contributed by atoms with Crippen LogP contribution in [-0.4, -0.2) is 22.2 Å². The Kier molecular flexibility index (Phi) is 3.38. The molecule has 1 atom stereocenters. The number of benzene rings is 1. The van der Waals surface area contributed by atoms with Crippen LogP contribution >= 0.6 is 11.8 Å². The summed E-state index contributed by atoms with van der Waals surface area (Å²) >= 11 is 1.33. The van der Waals surface area contributed by atoms with E-state index in [4.69, 9.17) is 5.11 Å². The summed E-state index contributed by atoms with van der Waals surface area (Å²) in [6, 6.07) is 5.81. The van der Waals surface area contributed by atoms with Gasteiger partial charge < -0.3 is 10.4 Å². The van der Waals surface area contributed by atoms with Crippen LogP contribution in [0, 0.1) is 0 Å². The van der Waals surface area contributed by atoms with E-state index in [9.17, 15) is 9.59 Å². The number of aryl methyl sites for hydroxylation is 1. The highest BCUT2D eigenvalue weighted by atomic mass is 32.2. The standard InChI is InChI=1S/C12H13NO3S/c1-2-7-4-3-5-8-11(7)13-12(16)9(17-8)6-10(14)15/h3-5,9H,2,6H2,1H3,(H,13,16)(H,14,15). The number of carbonyl (C=O) groups is 2. The van der Waals surface area contributed by atoms with Crippen molar-refractivity contribution in [2.75, 3.05) is 5.32 Å². The average molecular weight is 251 g/mol. The fraction of sp³-hybridized carbons (Fsp3) is 0.333. The van der Waals surface area contributed by atoms with E-state index in [0.717, 1.165) is 22.6 Å². The molecule has 0 bridgehead atoms. The minimum absolute atomic E-state index is 0.147. The zero-order valence-corrected chi connectivity index (χ0v) is 10.2. The van der Waals surface area contributed by atoms with E-state index >= 15 is 0 Å². The second-order valence-electron chi connectivity index (χ2n) is 3.84. The second kappa shape index (κ2) is 4.79. The molecule has 1 unspecified atom stereocenters. The second-order valence-corrected chi connectivity index (χ2v) is 5.08. The van der Waals surface area contributed by atoms with Crippen molar-refractivity contribution >= 4 is 29.3 Å². The number of aliphatic carboxylic acids is 1. The lowest BCUT2D eigenvalue weighted by Gasteiger charge is -2.24. The number of fused-ring (bicyclic) bond motifs is 1. The molecule has 2 rings (SSSR count). The third kappa shape index (κ3) is 2.44. The van der Waals surface area contributed by atoms with E-state index in [1.165, 1.54) is 11.8 Å². The molecule has 1 aromatic rings. The lowest BCUT2D eigenvalue weighted by Crippen LogP contribution is -2.31. The highest BCUT2D eigenvalue weighted by Crippen LogP contribution is 2.38. The third-order valence-corrected chi connectivity index (χ3v) is 3.92. The first-order valence-electron chi connectivity index (χ1n) is 5.43. The number of hydrogen-bond donors (Lipinski definition) is 2. The van der Waals surface area contributed by atoms with Gasteiger partial charge in [0.05, 0.1) is 17.4 Å². The van der Waals surface area contributed by atoms with Gasteiger partial charge in [-0.15, -0.1) is 11.8 Å². The zero-order valence-electron chi connectivity index (χ0n) is 9.40. The average Bonchev–Trinajstić information content (AvgIpc) is 2.29. The summed E-state index contributed by atoms with van der Waals surface area (Å²) in [7, 11) is 0. The van der Waals surface area contributed by atoms with Crippen LogP contribution < -0.4 is 5.32 Å². The van der Waals surface area contributed by atoms with Gasteiger partial charge in [0.15, 0.2) is 0 Å². The molecular weight excluding hydrogens is 238 g/mol. The lowest BCUT2D eigenvalue weighted by molar-refractivity contribution is -0.138. The Morgan fingerprint density at radius 2 is 2.29 bits per heavy atom. The molecule has 1 aliphatic heterocycles. The monoisotopic (exact) mass is 251 g/mol. The van der Waals surface area contributed by atoms with Gasteiger partial charge in [0.2, 0.25) is 5.91 Å². The first kappa shape index (κ1) is 12.0. The molecule has 0 radical (unpaired) electrons. The summed E-state index contributed by atoms with van der Waals surface area (Å²) < 4.78 is 0. The number of para-hydroxylation sites is 1. The van der Waals surface area contributed by atoms with E-state index < -0.39 is 11.2 Å². The maximum absolute atomic E-state index is 11.8. The van der Waals surface area contributed by atoms with Crippen LogP contribution in [0.15, 0.2) is 23.1 Å². The number of hydrogen-bond acceptors (Lipinski definition) is 3. The van der Waals surface area contributed by atoms with Crippen molar-refractivity contribution < 1.29 is 14.7 Å². The predicted molar refractivity (Wildman–Crippen MR) is 66.3 cm³/mol. The lowest BCUT2D eigenvalue weighted by atomic mass is 10.1. The van der Waals surface area contributed by atoms with Crippen molar-refractivity contribution in [3.63, 3.8) is 0 Å². The molecule has 1 aromatic carbocycles. The van der Waals surface area contributed by atoms with Gasteiger partial charge in [0, 0.05) is 4.90 Å². The van der Waals surface area contributed by atoms with Gasteiger partial charge in [-0.1, -0.05) is 19.1 Å². The molecule has 0 aliphatic carbocycles. The molecule has 1 aliphatic rings. The summed E-state index contributed by atoms with van der Waals surface area (Å²) in [5.41, 5.74) is 1.92. The molecular formula is C12H13NO3S. The Morgan fingerprint density at radius 3 is 2.94 bits per heavy atom. The van der Waals surface area contributed by atoms with Gasteiger partial charge in [0.1, 0.15) is 0 Å². The molecule has 0 spiro atoms. The van der Waals surface area contributed by atoms with E-state index in [0.29, 0.717) is 0 Å². The number of thioether (sulfide) groups is 1. The SMILES string of the molecule is CCc1cccc2c1NC(=O)C(CC(=O)O)S2. The molecule has 0 saturated carbocycles. The summed E-state index contributed by atoms with van der Waals surface area (Å²) in [4.78, 5) is 23.4. The largest absolute Gasteiger partial charge is 0.481 e. The van der Waals surface area contributed by atoms with Crippen LogP contribution in [0.1, 0.15) is 18.9 Å². The number of amides is 1. The van der Waals surface area contributed by atoms with Gasteiger partial charge in [-0.25, -0.2) is 0 Å². The Labute approximate surface area is 103 Å². The molecule has 17 heavy (non-hydrogen) atoms. The fourth-order valence-corrected chi connectivity index (χ4v) is 2.97. The summed E-state index contributed by atoms with van der Waals surface area (Å²) in [6.07, 6.45) is 0.694. The van der Waals surface area contributed by atoms with Crippen LogP contribution in [0.3, 0.4) is 0 Å². The Morgan fingerprint density at radius 1 is 1.53 bits per heavy atom. The van der Waals surface area contributed by atoms with Crippen molar-refractivity contribution in [1.82, 2.24) is 0 Å². The number of nitrogens with one attached hydrogen (secondary N) is 1. The maximum Gasteiger partial charge on any atom is 0.305 e. The topological polar surface area (TPSA) is 66.4 Å². The quantitative estimate of drug-likeness (QED) is 0.863. The predicted octanol–water partition coefficient (Wildman–Crippen LogP) is 2.14. The molecule has 0 aromatic heterocycles. The molecule has 90 valence electrons. The normalized spacial score (nSPS) is 18.4. The van der Waals surface area contributed by atoms with E-state index in [1.54, 1.807) is 0 Å². The molecule has 0 saturated heterocycles. The molecule has 4 nitrogen and oxygen atoms in total. The smallest absolute Gasteiger partial charge is 0.305 e. The van der Waals surface area contributed by atoms with Crippen LogP contribution in [0.2, 0.25) is 0 Å². The zero-order chi connectivity index (χ0) is 12.4. The van der Waals surface area contributed by atoms with E-state index in [-0.39, 0.29) is 12.3 Å². The first-order valence-corrected chi connectivity index (χ1v) is 6.31. The summed E-state index contributed by atoms with van der Waals surface area (Å²) in [6.45, 7) is 2.02. The Hall–Kier alpha value is -1.49. The van der Waals surface area contributed by atoms with Gasteiger partial charge in [-0.2, -0.15) is 0 Å². The fourth-order valence-electron chi connectivity index (χ4n) is 1.81. The van der Waals surface area contributed by atoms with Crippen molar-refractivity contribution in [3.05, 3.63) is 23.8 Å². The maximum atomic E-state index is 11.8. The molecule has 2 N–H and O–H groups in total. The molecule has 1 heterocycles. The van der Waals surface area contributed by atoms with Gasteiger partial charge in [-0.05, 0) is 18.1 Å². The van der Waals surface area contributed by atoms with Crippen LogP contribution in [0.4, 0.5) is 5.69 Å². The Balaban J connectivity index is 2.29. The number of anilines is 1. The molecule has 1 amide bonds. The van der Waals surface area contributed by atoms with Crippen molar-refractivity contribution in [1.29, 1.82) is 0 Å². The summed E-state index contributed by atoms with van der Waals surface area (Å²) in [5.74, 6) is -1.17. The van der Waals surface area contributed by atoms with Crippen LogP contribution in [0.25, 0.3) is 0 Å². The van der Waals surface area contributed by atoms with Gasteiger partial charge in [-0.3, -0.25) is 9.59 Å². The third-order valence-electron chi connectivity index (χ3n) is 2.66. The highest BCUT2D eigenvalue weighted by Gasteiger charge is 2.29. The van der Waals surface area contributed by atoms with Crippen LogP contribution in [0.5, 0.6) is 0 Å². The summed E-state index contributed by atoms with van der Waals surface area (Å²) in [5, 5.41) is 11.0. The van der Waals surface area contributed by atoms with Crippen LogP contribution in [-0.2, 0) is 16.0 Å². The minimum Gasteiger partial charge on any atom is -0.481 e. The van der Waals surface area contributed by atoms with Gasteiger partial charge in [0.25, 0.3) is 0 Å². The van der Waals surface area contributed by atoms with Gasteiger partial charge >= 0.3 is 5.97 Å². The number of rotatable bonds is 3. The first-order chi connectivity index (χ1) is 8.11. The molecule has 5 heteroatoms. The van der Waals surface area contributed by atoms with Crippen molar-refractivity contribution in [3.8, 4) is 0 Å². The van der Waals surface area contributed by atoms with Crippen molar-refractivity contribution in [2.45, 2.75) is 29.9 Å². The van der Waals surface area contributed by atoms with E-state index in [2.05, 4.69) is 5.32 Å². The number of carboxylic acid groups (broad SMARTS) is 1. The minimum atomic E-state index is -0.951. The number of carbonyl (C=O) groups excluding carboxylic acids is 1. The Bertz CT molecular complexity index is 473. The highest BCUT2D eigenvalue weighted by molar-refractivity contribution is 8.01. The molecule has 0 fully saturated rings. The number of carboxylic acids is 1.